The first-order valence-corrected chi connectivity index (χ1v) is 8.57. The van der Waals surface area contributed by atoms with Crippen LogP contribution in [-0.4, -0.2) is 32.1 Å². The molecule has 0 aliphatic carbocycles. The van der Waals surface area contributed by atoms with Crippen molar-refractivity contribution in [1.82, 2.24) is 19.7 Å². The third kappa shape index (κ3) is 2.93. The molecule has 1 amide bonds. The number of rotatable bonds is 3. The van der Waals surface area contributed by atoms with Crippen molar-refractivity contribution in [1.29, 1.82) is 0 Å². The summed E-state index contributed by atoms with van der Waals surface area (Å²) in [6.07, 6.45) is 5.54. The fourth-order valence-electron chi connectivity index (χ4n) is 3.44. The standard InChI is InChI=1S/C20H20N4O/c1-15-11-13-22-24(15)17-9-7-16(8-10-17)20(25)23-14-4-6-19(23)18-5-2-3-12-21-18/h2-3,5,7-13,19H,4,6,14H2,1H3/t19-/m1/s1. The van der Waals surface area contributed by atoms with Gasteiger partial charge in [-0.1, -0.05) is 6.07 Å². The maximum absolute atomic E-state index is 13.0. The normalized spacial score (nSPS) is 17.0. The van der Waals surface area contributed by atoms with Gasteiger partial charge in [-0.3, -0.25) is 9.78 Å². The zero-order valence-electron chi connectivity index (χ0n) is 14.2. The van der Waals surface area contributed by atoms with E-state index in [1.807, 2.05) is 65.0 Å². The van der Waals surface area contributed by atoms with Gasteiger partial charge in [0.05, 0.1) is 17.4 Å². The van der Waals surface area contributed by atoms with Crippen molar-refractivity contribution >= 4 is 5.91 Å². The van der Waals surface area contributed by atoms with E-state index in [4.69, 9.17) is 0 Å². The molecule has 1 aliphatic heterocycles. The average Bonchev–Trinajstić information content (AvgIpc) is 3.31. The quantitative estimate of drug-likeness (QED) is 0.737. The third-order valence-electron chi connectivity index (χ3n) is 4.73. The molecule has 1 atom stereocenters. The minimum Gasteiger partial charge on any atom is -0.330 e. The molecule has 1 aliphatic rings. The first-order valence-electron chi connectivity index (χ1n) is 8.57. The topological polar surface area (TPSA) is 51.0 Å². The molecule has 1 saturated heterocycles. The first-order chi connectivity index (χ1) is 12.2. The number of carbonyl (C=O) groups is 1. The lowest BCUT2D eigenvalue weighted by Crippen LogP contribution is -2.30. The number of hydrogen-bond donors (Lipinski definition) is 0. The number of nitrogens with zero attached hydrogens (tertiary/aromatic N) is 4. The Morgan fingerprint density at radius 1 is 1.08 bits per heavy atom. The average molecular weight is 332 g/mol. The molecular formula is C20H20N4O. The van der Waals surface area contributed by atoms with Gasteiger partial charge in [0, 0.05) is 30.2 Å². The minimum atomic E-state index is 0.0666. The molecule has 1 fully saturated rings. The Bertz CT molecular complexity index is 870. The van der Waals surface area contributed by atoms with Crippen LogP contribution < -0.4 is 0 Å². The molecule has 3 heterocycles. The van der Waals surface area contributed by atoms with E-state index < -0.39 is 0 Å². The predicted octanol–water partition coefficient (Wildman–Crippen LogP) is 3.55. The first kappa shape index (κ1) is 15.6. The molecule has 4 rings (SSSR count). The minimum absolute atomic E-state index is 0.0666. The summed E-state index contributed by atoms with van der Waals surface area (Å²) in [6, 6.07) is 15.6. The van der Waals surface area contributed by atoms with Crippen molar-refractivity contribution in [2.24, 2.45) is 0 Å². The van der Waals surface area contributed by atoms with Gasteiger partial charge in [0.25, 0.3) is 5.91 Å². The summed E-state index contributed by atoms with van der Waals surface area (Å²) in [7, 11) is 0. The van der Waals surface area contributed by atoms with Crippen LogP contribution in [0.4, 0.5) is 0 Å². The van der Waals surface area contributed by atoms with Crippen molar-refractivity contribution in [3.63, 3.8) is 0 Å². The summed E-state index contributed by atoms with van der Waals surface area (Å²) >= 11 is 0. The predicted molar refractivity (Wildman–Crippen MR) is 95.5 cm³/mol. The van der Waals surface area contributed by atoms with E-state index in [2.05, 4.69) is 10.1 Å². The molecule has 0 saturated carbocycles. The van der Waals surface area contributed by atoms with E-state index in [0.29, 0.717) is 5.56 Å². The van der Waals surface area contributed by atoms with E-state index in [0.717, 1.165) is 36.5 Å². The van der Waals surface area contributed by atoms with Crippen LogP contribution in [0.2, 0.25) is 0 Å². The smallest absolute Gasteiger partial charge is 0.254 e. The fraction of sp³-hybridized carbons (Fsp3) is 0.250. The maximum atomic E-state index is 13.0. The number of aryl methyl sites for hydroxylation is 1. The molecule has 126 valence electrons. The molecule has 0 spiro atoms. The third-order valence-corrected chi connectivity index (χ3v) is 4.73. The number of pyridine rings is 1. The molecule has 5 nitrogen and oxygen atoms in total. The molecule has 1 aromatic carbocycles. The number of amides is 1. The van der Waals surface area contributed by atoms with E-state index in [9.17, 15) is 4.79 Å². The highest BCUT2D eigenvalue weighted by Crippen LogP contribution is 2.32. The molecule has 2 aromatic heterocycles. The van der Waals surface area contributed by atoms with Gasteiger partial charge >= 0.3 is 0 Å². The number of benzene rings is 1. The van der Waals surface area contributed by atoms with Crippen LogP contribution in [0.15, 0.2) is 60.9 Å². The summed E-state index contributed by atoms with van der Waals surface area (Å²) in [5, 5.41) is 4.30. The van der Waals surface area contributed by atoms with Gasteiger partial charge in [-0.2, -0.15) is 5.10 Å². The summed E-state index contributed by atoms with van der Waals surface area (Å²) in [6.45, 7) is 2.79. The number of carbonyl (C=O) groups excluding carboxylic acids is 1. The highest BCUT2D eigenvalue weighted by molar-refractivity contribution is 5.94. The Morgan fingerprint density at radius 3 is 2.60 bits per heavy atom. The Morgan fingerprint density at radius 2 is 1.92 bits per heavy atom. The second-order valence-corrected chi connectivity index (χ2v) is 6.34. The van der Waals surface area contributed by atoms with Crippen molar-refractivity contribution in [2.75, 3.05) is 6.54 Å². The van der Waals surface area contributed by atoms with E-state index >= 15 is 0 Å². The van der Waals surface area contributed by atoms with Crippen LogP contribution in [0.25, 0.3) is 5.69 Å². The second-order valence-electron chi connectivity index (χ2n) is 6.34. The summed E-state index contributed by atoms with van der Waals surface area (Å²) in [4.78, 5) is 19.4. The number of hydrogen-bond acceptors (Lipinski definition) is 3. The largest absolute Gasteiger partial charge is 0.330 e. The van der Waals surface area contributed by atoms with Crippen LogP contribution in [0.1, 0.15) is 40.6 Å². The maximum Gasteiger partial charge on any atom is 0.254 e. The van der Waals surface area contributed by atoms with Gasteiger partial charge in [-0.15, -0.1) is 0 Å². The molecular weight excluding hydrogens is 312 g/mol. The van der Waals surface area contributed by atoms with Crippen molar-refractivity contribution in [2.45, 2.75) is 25.8 Å². The molecule has 3 aromatic rings. The van der Waals surface area contributed by atoms with Gasteiger partial charge in [-0.05, 0) is 62.2 Å². The fourth-order valence-corrected chi connectivity index (χ4v) is 3.44. The lowest BCUT2D eigenvalue weighted by Gasteiger charge is -2.24. The lowest BCUT2D eigenvalue weighted by atomic mass is 10.1. The van der Waals surface area contributed by atoms with E-state index in [-0.39, 0.29) is 11.9 Å². The Labute approximate surface area is 146 Å². The van der Waals surface area contributed by atoms with Gasteiger partial charge in [0.2, 0.25) is 0 Å². The van der Waals surface area contributed by atoms with Crippen LogP contribution in [-0.2, 0) is 0 Å². The van der Waals surface area contributed by atoms with Crippen LogP contribution in [0, 0.1) is 6.92 Å². The van der Waals surface area contributed by atoms with Gasteiger partial charge in [0.15, 0.2) is 0 Å². The molecule has 0 bridgehead atoms. The Kier molecular flexibility index (Phi) is 4.06. The van der Waals surface area contributed by atoms with Crippen molar-refractivity contribution < 1.29 is 4.79 Å². The zero-order chi connectivity index (χ0) is 17.2. The summed E-state index contributed by atoms with van der Waals surface area (Å²) in [5.41, 5.74) is 3.70. The van der Waals surface area contributed by atoms with Crippen LogP contribution in [0.3, 0.4) is 0 Å². The van der Waals surface area contributed by atoms with Crippen molar-refractivity contribution in [3.8, 4) is 5.69 Å². The number of aromatic nitrogens is 3. The highest BCUT2D eigenvalue weighted by atomic mass is 16.2. The van der Waals surface area contributed by atoms with Crippen molar-refractivity contribution in [3.05, 3.63) is 77.9 Å². The highest BCUT2D eigenvalue weighted by Gasteiger charge is 2.31. The van der Waals surface area contributed by atoms with E-state index in [1.165, 1.54) is 0 Å². The zero-order valence-corrected chi connectivity index (χ0v) is 14.2. The summed E-state index contributed by atoms with van der Waals surface area (Å²) in [5.74, 6) is 0.0666. The number of likely N-dealkylation sites (tertiary alicyclic amines) is 1. The Hall–Kier alpha value is -2.95. The van der Waals surface area contributed by atoms with E-state index in [1.54, 1.807) is 12.4 Å². The monoisotopic (exact) mass is 332 g/mol. The Balaban J connectivity index is 1.57. The molecule has 5 heteroatoms. The molecule has 25 heavy (non-hydrogen) atoms. The molecule has 0 unspecified atom stereocenters. The molecule has 0 radical (unpaired) electrons. The van der Waals surface area contributed by atoms with Crippen LogP contribution in [0.5, 0.6) is 0 Å². The SMILES string of the molecule is Cc1ccnn1-c1ccc(C(=O)N2CCC[C@@H]2c2ccccn2)cc1. The lowest BCUT2D eigenvalue weighted by molar-refractivity contribution is 0.0733. The van der Waals surface area contributed by atoms with Gasteiger partial charge < -0.3 is 4.90 Å². The second kappa shape index (κ2) is 6.51. The summed E-state index contributed by atoms with van der Waals surface area (Å²) < 4.78 is 1.86. The van der Waals surface area contributed by atoms with Gasteiger partial charge in [-0.25, -0.2) is 4.68 Å². The molecule has 0 N–H and O–H groups in total. The van der Waals surface area contributed by atoms with Gasteiger partial charge in [0.1, 0.15) is 0 Å². The van der Waals surface area contributed by atoms with Crippen LogP contribution >= 0.6 is 0 Å².